The minimum atomic E-state index is -3.42. The van der Waals surface area contributed by atoms with Crippen LogP contribution in [0.4, 0.5) is 0 Å². The first-order chi connectivity index (χ1) is 13.4. The molecule has 146 valence electrons. The van der Waals surface area contributed by atoms with E-state index in [2.05, 4.69) is 19.9 Å². The SMILES string of the molecule is COC(=O)c1[nH]c2ccccc2c1CN1CCc2nc(S(C)(=O)=O)ncc2C1. The molecule has 0 atom stereocenters. The number of aromatic nitrogens is 3. The summed E-state index contributed by atoms with van der Waals surface area (Å²) in [5, 5.41) is 0.849. The maximum Gasteiger partial charge on any atom is 0.354 e. The van der Waals surface area contributed by atoms with Crippen LogP contribution in [0.1, 0.15) is 27.3 Å². The van der Waals surface area contributed by atoms with E-state index < -0.39 is 15.8 Å². The number of methoxy groups -OCH3 is 1. The second kappa shape index (κ2) is 6.99. The summed E-state index contributed by atoms with van der Waals surface area (Å²) in [7, 11) is -2.06. The summed E-state index contributed by atoms with van der Waals surface area (Å²) in [6.07, 6.45) is 3.31. The van der Waals surface area contributed by atoms with Crippen molar-refractivity contribution in [1.29, 1.82) is 0 Å². The number of nitrogens with one attached hydrogen (secondary N) is 1. The molecule has 3 heterocycles. The van der Waals surface area contributed by atoms with Gasteiger partial charge < -0.3 is 9.72 Å². The van der Waals surface area contributed by atoms with Crippen LogP contribution in [0.3, 0.4) is 0 Å². The molecule has 0 saturated heterocycles. The van der Waals surface area contributed by atoms with Crippen molar-refractivity contribution in [2.75, 3.05) is 19.9 Å². The molecule has 4 rings (SSSR count). The molecule has 0 fully saturated rings. The number of rotatable bonds is 4. The number of benzene rings is 1. The lowest BCUT2D eigenvalue weighted by molar-refractivity contribution is 0.0592. The molecule has 0 bridgehead atoms. The average molecular weight is 400 g/mol. The lowest BCUT2D eigenvalue weighted by Crippen LogP contribution is -2.31. The van der Waals surface area contributed by atoms with E-state index in [1.54, 1.807) is 6.20 Å². The van der Waals surface area contributed by atoms with Crippen LogP contribution < -0.4 is 0 Å². The summed E-state index contributed by atoms with van der Waals surface area (Å²) in [5.74, 6) is -0.398. The Bertz CT molecular complexity index is 1170. The van der Waals surface area contributed by atoms with E-state index in [0.717, 1.165) is 34.0 Å². The zero-order valence-corrected chi connectivity index (χ0v) is 16.4. The van der Waals surface area contributed by atoms with Crippen molar-refractivity contribution < 1.29 is 17.9 Å². The summed E-state index contributed by atoms with van der Waals surface area (Å²) in [6.45, 7) is 1.84. The molecule has 0 saturated carbocycles. The third kappa shape index (κ3) is 3.38. The Morgan fingerprint density at radius 2 is 2.11 bits per heavy atom. The van der Waals surface area contributed by atoms with Gasteiger partial charge in [0.25, 0.3) is 0 Å². The summed E-state index contributed by atoms with van der Waals surface area (Å²) in [6, 6.07) is 7.76. The number of hydrogen-bond donors (Lipinski definition) is 1. The number of H-pyrrole nitrogens is 1. The maximum absolute atomic E-state index is 12.2. The first kappa shape index (κ1) is 18.6. The quantitative estimate of drug-likeness (QED) is 0.525. The fourth-order valence-electron chi connectivity index (χ4n) is 3.53. The summed E-state index contributed by atoms with van der Waals surface area (Å²) < 4.78 is 28.3. The Morgan fingerprint density at radius 1 is 1.32 bits per heavy atom. The third-order valence-corrected chi connectivity index (χ3v) is 5.77. The van der Waals surface area contributed by atoms with E-state index in [9.17, 15) is 13.2 Å². The summed E-state index contributed by atoms with van der Waals surface area (Å²) in [5.41, 5.74) is 3.89. The minimum absolute atomic E-state index is 0.135. The molecular weight excluding hydrogens is 380 g/mol. The van der Waals surface area contributed by atoms with Gasteiger partial charge in [-0.3, -0.25) is 4.90 Å². The number of nitrogens with zero attached hydrogens (tertiary/aromatic N) is 3. The van der Waals surface area contributed by atoms with Crippen LogP contribution in [0.25, 0.3) is 10.9 Å². The van der Waals surface area contributed by atoms with Gasteiger partial charge in [-0.05, 0) is 6.07 Å². The molecule has 0 aliphatic carbocycles. The van der Waals surface area contributed by atoms with Crippen molar-refractivity contribution in [1.82, 2.24) is 19.9 Å². The molecule has 8 nitrogen and oxygen atoms in total. The Balaban J connectivity index is 1.64. The Labute approximate surface area is 162 Å². The summed E-state index contributed by atoms with van der Waals surface area (Å²) >= 11 is 0. The number of esters is 1. The highest BCUT2D eigenvalue weighted by atomic mass is 32.2. The average Bonchev–Trinajstić information content (AvgIpc) is 3.05. The highest BCUT2D eigenvalue weighted by molar-refractivity contribution is 7.90. The number of sulfone groups is 1. The van der Waals surface area contributed by atoms with Gasteiger partial charge >= 0.3 is 5.97 Å². The van der Waals surface area contributed by atoms with E-state index in [-0.39, 0.29) is 5.16 Å². The predicted molar refractivity (Wildman–Crippen MR) is 103 cm³/mol. The zero-order valence-electron chi connectivity index (χ0n) is 15.6. The van der Waals surface area contributed by atoms with E-state index in [1.807, 2.05) is 24.3 Å². The van der Waals surface area contributed by atoms with Gasteiger partial charge in [-0.15, -0.1) is 0 Å². The van der Waals surface area contributed by atoms with E-state index in [4.69, 9.17) is 4.74 Å². The smallest absolute Gasteiger partial charge is 0.354 e. The van der Waals surface area contributed by atoms with Crippen molar-refractivity contribution in [2.24, 2.45) is 0 Å². The van der Waals surface area contributed by atoms with Crippen LogP contribution in [0.15, 0.2) is 35.6 Å². The van der Waals surface area contributed by atoms with Crippen LogP contribution in [0, 0.1) is 0 Å². The monoisotopic (exact) mass is 400 g/mol. The molecule has 3 aromatic rings. The fourth-order valence-corrected chi connectivity index (χ4v) is 4.05. The standard InChI is InChI=1S/C19H20N4O4S/c1-27-18(24)17-14(13-5-3-4-6-16(13)21-17)11-23-8-7-15-12(10-23)9-20-19(22-15)28(2,25)26/h3-6,9,21H,7-8,10-11H2,1-2H3. The van der Waals surface area contributed by atoms with Crippen LogP contribution >= 0.6 is 0 Å². The first-order valence-corrected chi connectivity index (χ1v) is 10.7. The van der Waals surface area contributed by atoms with Gasteiger partial charge in [0.15, 0.2) is 0 Å². The van der Waals surface area contributed by atoms with Crippen molar-refractivity contribution >= 4 is 26.7 Å². The predicted octanol–water partition coefficient (Wildman–Crippen LogP) is 1.71. The molecule has 1 aromatic carbocycles. The van der Waals surface area contributed by atoms with Crippen molar-refractivity contribution in [3.8, 4) is 0 Å². The molecule has 1 N–H and O–H groups in total. The number of para-hydroxylation sites is 1. The van der Waals surface area contributed by atoms with Crippen molar-refractivity contribution in [3.05, 3.63) is 53.0 Å². The lowest BCUT2D eigenvalue weighted by Gasteiger charge is -2.28. The molecule has 9 heteroatoms. The molecule has 1 aliphatic rings. The Hall–Kier alpha value is -2.78. The van der Waals surface area contributed by atoms with E-state index in [0.29, 0.717) is 31.7 Å². The molecule has 0 spiro atoms. The van der Waals surface area contributed by atoms with Gasteiger partial charge in [-0.25, -0.2) is 23.2 Å². The van der Waals surface area contributed by atoms with Gasteiger partial charge in [-0.1, -0.05) is 18.2 Å². The molecule has 2 aromatic heterocycles. The third-order valence-electron chi connectivity index (χ3n) is 4.91. The number of fused-ring (bicyclic) bond motifs is 2. The van der Waals surface area contributed by atoms with Gasteiger partial charge in [0.1, 0.15) is 5.69 Å². The largest absolute Gasteiger partial charge is 0.464 e. The van der Waals surface area contributed by atoms with Crippen LogP contribution in [-0.2, 0) is 34.1 Å². The van der Waals surface area contributed by atoms with Gasteiger partial charge in [0, 0.05) is 60.5 Å². The van der Waals surface area contributed by atoms with Crippen LogP contribution in [-0.4, -0.2) is 54.1 Å². The number of hydrogen-bond acceptors (Lipinski definition) is 7. The lowest BCUT2D eigenvalue weighted by atomic mass is 10.0. The minimum Gasteiger partial charge on any atom is -0.464 e. The zero-order chi connectivity index (χ0) is 19.9. The molecule has 0 unspecified atom stereocenters. The highest BCUT2D eigenvalue weighted by Crippen LogP contribution is 2.27. The number of aromatic amines is 1. The van der Waals surface area contributed by atoms with Crippen LogP contribution in [0.5, 0.6) is 0 Å². The molecule has 28 heavy (non-hydrogen) atoms. The highest BCUT2D eigenvalue weighted by Gasteiger charge is 2.24. The Kier molecular flexibility index (Phi) is 4.64. The van der Waals surface area contributed by atoms with Gasteiger partial charge in [0.2, 0.25) is 15.0 Å². The number of carbonyl (C=O) groups is 1. The topological polar surface area (TPSA) is 105 Å². The molecular formula is C19H20N4O4S. The fraction of sp³-hybridized carbons (Fsp3) is 0.316. The summed E-state index contributed by atoms with van der Waals surface area (Å²) in [4.78, 5) is 25.8. The second-order valence-electron chi connectivity index (χ2n) is 6.87. The van der Waals surface area contributed by atoms with E-state index in [1.165, 1.54) is 7.11 Å². The van der Waals surface area contributed by atoms with Crippen LogP contribution in [0.2, 0.25) is 0 Å². The number of ether oxygens (including phenoxy) is 1. The second-order valence-corrected chi connectivity index (χ2v) is 8.78. The van der Waals surface area contributed by atoms with Gasteiger partial charge in [-0.2, -0.15) is 0 Å². The maximum atomic E-state index is 12.2. The number of carbonyl (C=O) groups excluding carboxylic acids is 1. The van der Waals surface area contributed by atoms with E-state index >= 15 is 0 Å². The molecule has 0 amide bonds. The normalized spacial score (nSPS) is 14.8. The van der Waals surface area contributed by atoms with Crippen molar-refractivity contribution in [3.63, 3.8) is 0 Å². The van der Waals surface area contributed by atoms with Crippen molar-refractivity contribution in [2.45, 2.75) is 24.7 Å². The van der Waals surface area contributed by atoms with Gasteiger partial charge in [0.05, 0.1) is 12.8 Å². The first-order valence-electron chi connectivity index (χ1n) is 8.82. The molecule has 1 aliphatic heterocycles. The molecule has 0 radical (unpaired) electrons. The Morgan fingerprint density at radius 3 is 2.86 bits per heavy atom.